The molecule has 0 radical (unpaired) electrons. The van der Waals surface area contributed by atoms with Gasteiger partial charge in [-0.25, -0.2) is 0 Å². The summed E-state index contributed by atoms with van der Waals surface area (Å²) in [4.78, 5) is 16.3. The molecule has 0 N–H and O–H groups in total. The van der Waals surface area contributed by atoms with E-state index in [0.29, 0.717) is 5.88 Å². The van der Waals surface area contributed by atoms with Gasteiger partial charge in [0.15, 0.2) is 0 Å². The molecule has 0 aromatic rings. The number of hydrogen-bond donors (Lipinski definition) is 0. The van der Waals surface area contributed by atoms with Gasteiger partial charge in [0, 0.05) is 45.2 Å². The predicted octanol–water partition coefficient (Wildman–Crippen LogP) is 0.548. The molecule has 16 heavy (non-hydrogen) atoms. The van der Waals surface area contributed by atoms with Crippen molar-refractivity contribution in [3.8, 4) is 0 Å². The van der Waals surface area contributed by atoms with E-state index in [1.807, 2.05) is 4.90 Å². The summed E-state index contributed by atoms with van der Waals surface area (Å²) >= 11 is 5.70. The van der Waals surface area contributed by atoms with Crippen LogP contribution in [-0.4, -0.2) is 67.0 Å². The smallest absolute Gasteiger partial charge is 0.251 e. The second-order valence-electron chi connectivity index (χ2n) is 4.36. The van der Waals surface area contributed by atoms with Crippen LogP contribution < -0.4 is 0 Å². The van der Waals surface area contributed by atoms with E-state index in [9.17, 15) is 4.79 Å². The van der Waals surface area contributed by atoms with Crippen molar-refractivity contribution in [2.75, 3.05) is 45.2 Å². The summed E-state index contributed by atoms with van der Waals surface area (Å²) in [6.45, 7) is 5.16. The summed E-state index contributed by atoms with van der Waals surface area (Å²) < 4.78 is 5.42. The van der Waals surface area contributed by atoms with Crippen molar-refractivity contribution >= 4 is 17.5 Å². The van der Waals surface area contributed by atoms with Gasteiger partial charge in [-0.05, 0) is 12.8 Å². The Morgan fingerprint density at radius 1 is 1.31 bits per heavy atom. The molecule has 2 saturated heterocycles. The molecule has 2 aliphatic rings. The molecule has 0 aromatic carbocycles. The van der Waals surface area contributed by atoms with Crippen LogP contribution in [-0.2, 0) is 9.53 Å². The lowest BCUT2D eigenvalue weighted by Crippen LogP contribution is -2.51. The quantitative estimate of drug-likeness (QED) is 0.682. The molecule has 1 unspecified atom stereocenters. The fourth-order valence-electron chi connectivity index (χ4n) is 2.29. The first-order valence-corrected chi connectivity index (χ1v) is 6.53. The number of amides is 1. The van der Waals surface area contributed by atoms with Crippen LogP contribution in [0.3, 0.4) is 0 Å². The van der Waals surface area contributed by atoms with E-state index in [2.05, 4.69) is 4.90 Å². The highest BCUT2D eigenvalue weighted by Crippen LogP contribution is 2.15. The van der Waals surface area contributed by atoms with Crippen molar-refractivity contribution in [3.05, 3.63) is 0 Å². The number of carbonyl (C=O) groups excluding carboxylic acids is 1. The molecule has 2 fully saturated rings. The molecule has 0 spiro atoms. The zero-order valence-electron chi connectivity index (χ0n) is 9.53. The number of hydrogen-bond acceptors (Lipinski definition) is 3. The molecule has 1 atom stereocenters. The average Bonchev–Trinajstić information content (AvgIpc) is 2.83. The Kier molecular flexibility index (Phi) is 4.44. The topological polar surface area (TPSA) is 32.8 Å². The van der Waals surface area contributed by atoms with E-state index >= 15 is 0 Å². The van der Waals surface area contributed by atoms with Gasteiger partial charge in [-0.2, -0.15) is 0 Å². The minimum absolute atomic E-state index is 0.167. The summed E-state index contributed by atoms with van der Waals surface area (Å²) in [5.74, 6) is 0.850. The van der Waals surface area contributed by atoms with E-state index in [-0.39, 0.29) is 12.0 Å². The molecule has 5 heteroatoms. The fraction of sp³-hybridized carbons (Fsp3) is 0.909. The third kappa shape index (κ3) is 2.87. The summed E-state index contributed by atoms with van der Waals surface area (Å²) in [7, 11) is 0. The van der Waals surface area contributed by atoms with Crippen LogP contribution in [0.4, 0.5) is 0 Å². The van der Waals surface area contributed by atoms with Gasteiger partial charge in [-0.3, -0.25) is 9.69 Å². The third-order valence-corrected chi connectivity index (χ3v) is 3.46. The second-order valence-corrected chi connectivity index (χ2v) is 4.74. The Morgan fingerprint density at radius 3 is 2.62 bits per heavy atom. The van der Waals surface area contributed by atoms with Gasteiger partial charge in [0.25, 0.3) is 5.91 Å². The standard InChI is InChI=1S/C11H19ClN2O2/c12-3-4-13-5-7-14(8-6-13)11(15)10-2-1-9-16-10/h10H,1-9H2. The van der Waals surface area contributed by atoms with E-state index in [4.69, 9.17) is 16.3 Å². The Bertz CT molecular complexity index is 236. The highest BCUT2D eigenvalue weighted by molar-refractivity contribution is 6.18. The lowest BCUT2D eigenvalue weighted by atomic mass is 10.2. The van der Waals surface area contributed by atoms with Gasteiger partial charge in [0.1, 0.15) is 6.10 Å². The number of ether oxygens (including phenoxy) is 1. The van der Waals surface area contributed by atoms with Gasteiger partial charge in [0.05, 0.1) is 0 Å². The highest BCUT2D eigenvalue weighted by atomic mass is 35.5. The average molecular weight is 247 g/mol. The van der Waals surface area contributed by atoms with Gasteiger partial charge < -0.3 is 9.64 Å². The van der Waals surface area contributed by atoms with Gasteiger partial charge in [-0.15, -0.1) is 11.6 Å². The molecular formula is C11H19ClN2O2. The van der Waals surface area contributed by atoms with Crippen molar-refractivity contribution in [2.45, 2.75) is 18.9 Å². The molecule has 92 valence electrons. The molecular weight excluding hydrogens is 228 g/mol. The molecule has 1 amide bonds. The normalized spacial score (nSPS) is 27.3. The maximum absolute atomic E-state index is 12.0. The first-order valence-electron chi connectivity index (χ1n) is 6.00. The third-order valence-electron chi connectivity index (χ3n) is 3.29. The zero-order valence-corrected chi connectivity index (χ0v) is 10.3. The van der Waals surface area contributed by atoms with E-state index < -0.39 is 0 Å². The van der Waals surface area contributed by atoms with Crippen LogP contribution in [0.1, 0.15) is 12.8 Å². The van der Waals surface area contributed by atoms with Crippen molar-refractivity contribution in [3.63, 3.8) is 0 Å². The fourth-order valence-corrected chi connectivity index (χ4v) is 2.53. The first kappa shape index (κ1) is 12.1. The van der Waals surface area contributed by atoms with E-state index in [1.165, 1.54) is 0 Å². The minimum Gasteiger partial charge on any atom is -0.368 e. The summed E-state index contributed by atoms with van der Waals surface area (Å²) in [6.07, 6.45) is 1.74. The molecule has 0 aliphatic carbocycles. The maximum atomic E-state index is 12.0. The molecule has 0 saturated carbocycles. The Balaban J connectivity index is 1.77. The number of rotatable bonds is 3. The SMILES string of the molecule is O=C(C1CCCO1)N1CCN(CCCl)CC1. The largest absolute Gasteiger partial charge is 0.368 e. The van der Waals surface area contributed by atoms with Crippen LogP contribution in [0.25, 0.3) is 0 Å². The van der Waals surface area contributed by atoms with Crippen LogP contribution in [0, 0.1) is 0 Å². The lowest BCUT2D eigenvalue weighted by molar-refractivity contribution is -0.142. The van der Waals surface area contributed by atoms with Crippen molar-refractivity contribution < 1.29 is 9.53 Å². The van der Waals surface area contributed by atoms with E-state index in [1.54, 1.807) is 0 Å². The molecule has 0 aromatic heterocycles. The lowest BCUT2D eigenvalue weighted by Gasteiger charge is -2.35. The van der Waals surface area contributed by atoms with Gasteiger partial charge in [-0.1, -0.05) is 0 Å². The first-order chi connectivity index (χ1) is 7.81. The Hall–Kier alpha value is -0.320. The molecule has 2 aliphatic heterocycles. The van der Waals surface area contributed by atoms with Crippen molar-refractivity contribution in [2.24, 2.45) is 0 Å². The van der Waals surface area contributed by atoms with E-state index in [0.717, 1.165) is 52.2 Å². The zero-order chi connectivity index (χ0) is 11.4. The number of halogens is 1. The summed E-state index contributed by atoms with van der Waals surface area (Å²) in [5.41, 5.74) is 0. The molecule has 2 heterocycles. The monoisotopic (exact) mass is 246 g/mol. The minimum atomic E-state index is -0.167. The highest BCUT2D eigenvalue weighted by Gasteiger charge is 2.29. The van der Waals surface area contributed by atoms with Crippen molar-refractivity contribution in [1.82, 2.24) is 9.80 Å². The summed E-state index contributed by atoms with van der Waals surface area (Å²) in [5, 5.41) is 0. The molecule has 4 nitrogen and oxygen atoms in total. The van der Waals surface area contributed by atoms with Crippen molar-refractivity contribution in [1.29, 1.82) is 0 Å². The predicted molar refractivity (Wildman–Crippen MR) is 62.7 cm³/mol. The molecule has 2 rings (SSSR count). The Morgan fingerprint density at radius 2 is 2.06 bits per heavy atom. The number of piperazine rings is 1. The Labute approximate surface area is 101 Å². The van der Waals surface area contributed by atoms with Crippen LogP contribution in [0.2, 0.25) is 0 Å². The number of carbonyl (C=O) groups is 1. The van der Waals surface area contributed by atoms with Crippen LogP contribution >= 0.6 is 11.6 Å². The number of nitrogens with zero attached hydrogens (tertiary/aromatic N) is 2. The summed E-state index contributed by atoms with van der Waals surface area (Å²) in [6, 6.07) is 0. The van der Waals surface area contributed by atoms with Gasteiger partial charge in [0.2, 0.25) is 0 Å². The molecule has 0 bridgehead atoms. The van der Waals surface area contributed by atoms with Crippen LogP contribution in [0.15, 0.2) is 0 Å². The second kappa shape index (κ2) is 5.84. The maximum Gasteiger partial charge on any atom is 0.251 e. The van der Waals surface area contributed by atoms with Gasteiger partial charge >= 0.3 is 0 Å². The van der Waals surface area contributed by atoms with Crippen LogP contribution in [0.5, 0.6) is 0 Å². The number of alkyl halides is 1.